The Kier molecular flexibility index (Phi) is 4.11. The van der Waals surface area contributed by atoms with Gasteiger partial charge in [0.2, 0.25) is 0 Å². The second-order valence-corrected chi connectivity index (χ2v) is 4.82. The van der Waals surface area contributed by atoms with Crippen molar-refractivity contribution in [1.29, 1.82) is 0 Å². The monoisotopic (exact) mass is 261 g/mol. The lowest BCUT2D eigenvalue weighted by atomic mass is 10.1. The van der Waals surface area contributed by atoms with Gasteiger partial charge in [-0.2, -0.15) is 0 Å². The molecular weight excluding hydrogens is 242 g/mol. The van der Waals surface area contributed by atoms with Gasteiger partial charge < -0.3 is 10.5 Å². The summed E-state index contributed by atoms with van der Waals surface area (Å²) in [6.07, 6.45) is 0. The molecule has 1 aromatic carbocycles. The van der Waals surface area contributed by atoms with E-state index in [2.05, 4.69) is 22.4 Å². The molecule has 0 saturated heterocycles. The minimum atomic E-state index is 0.348. The van der Waals surface area contributed by atoms with Crippen LogP contribution in [0, 0.1) is 12.8 Å². The van der Waals surface area contributed by atoms with Crippen molar-refractivity contribution >= 4 is 5.69 Å². The molecule has 1 heterocycles. The predicted octanol–water partition coefficient (Wildman–Crippen LogP) is 1.51. The molecule has 0 aliphatic heterocycles. The molecule has 6 heteroatoms. The van der Waals surface area contributed by atoms with Gasteiger partial charge in [0, 0.05) is 24.9 Å². The first kappa shape index (κ1) is 13.5. The van der Waals surface area contributed by atoms with E-state index < -0.39 is 0 Å². The maximum absolute atomic E-state index is 5.76. The molecule has 2 N–H and O–H groups in total. The van der Waals surface area contributed by atoms with Gasteiger partial charge in [-0.15, -0.1) is 5.10 Å². The van der Waals surface area contributed by atoms with Crippen molar-refractivity contribution in [2.24, 2.45) is 5.92 Å². The second-order valence-electron chi connectivity index (χ2n) is 4.82. The van der Waals surface area contributed by atoms with Crippen molar-refractivity contribution in [2.45, 2.75) is 20.4 Å². The van der Waals surface area contributed by atoms with Crippen molar-refractivity contribution in [3.8, 4) is 11.4 Å². The van der Waals surface area contributed by atoms with Gasteiger partial charge in [0.1, 0.15) is 0 Å². The standard InChI is InChI=1S/C13H19N5O/c1-9(8-19-3)7-18-13(15-16-17-18)12-5-4-11(14)6-10(12)2/h4-6,9H,7-8,14H2,1-3H3. The lowest BCUT2D eigenvalue weighted by Crippen LogP contribution is -2.15. The first-order valence-corrected chi connectivity index (χ1v) is 6.23. The highest BCUT2D eigenvalue weighted by atomic mass is 16.5. The fraction of sp³-hybridized carbons (Fsp3) is 0.462. The molecular formula is C13H19N5O. The summed E-state index contributed by atoms with van der Waals surface area (Å²) < 4.78 is 6.95. The van der Waals surface area contributed by atoms with Gasteiger partial charge in [-0.05, 0) is 47.0 Å². The van der Waals surface area contributed by atoms with E-state index in [9.17, 15) is 0 Å². The number of nitrogens with two attached hydrogens (primary N) is 1. The predicted molar refractivity (Wildman–Crippen MR) is 73.4 cm³/mol. The maximum Gasteiger partial charge on any atom is 0.182 e. The second kappa shape index (κ2) is 5.79. The van der Waals surface area contributed by atoms with Crippen LogP contribution in [-0.4, -0.2) is 33.9 Å². The van der Waals surface area contributed by atoms with Gasteiger partial charge in [-0.1, -0.05) is 6.92 Å². The fourth-order valence-electron chi connectivity index (χ4n) is 2.09. The summed E-state index contributed by atoms with van der Waals surface area (Å²) in [6, 6.07) is 5.74. The average molecular weight is 261 g/mol. The normalized spacial score (nSPS) is 12.6. The number of nitrogen functional groups attached to an aromatic ring is 1. The Morgan fingerprint density at radius 1 is 1.42 bits per heavy atom. The molecule has 1 atom stereocenters. The van der Waals surface area contributed by atoms with Gasteiger partial charge in [-0.25, -0.2) is 4.68 Å². The lowest BCUT2D eigenvalue weighted by Gasteiger charge is -2.12. The van der Waals surface area contributed by atoms with Crippen molar-refractivity contribution in [2.75, 3.05) is 19.5 Å². The lowest BCUT2D eigenvalue weighted by molar-refractivity contribution is 0.149. The SMILES string of the molecule is COCC(C)Cn1nnnc1-c1ccc(N)cc1C. The van der Waals surface area contributed by atoms with E-state index in [1.807, 2.05) is 29.8 Å². The first-order valence-electron chi connectivity index (χ1n) is 6.23. The fourth-order valence-corrected chi connectivity index (χ4v) is 2.09. The molecule has 0 amide bonds. The Morgan fingerprint density at radius 3 is 2.89 bits per heavy atom. The molecule has 6 nitrogen and oxygen atoms in total. The third-order valence-electron chi connectivity index (χ3n) is 2.96. The number of nitrogens with zero attached hydrogens (tertiary/aromatic N) is 4. The summed E-state index contributed by atoms with van der Waals surface area (Å²) in [5, 5.41) is 11.9. The van der Waals surface area contributed by atoms with Gasteiger partial charge in [0.25, 0.3) is 0 Å². The van der Waals surface area contributed by atoms with Gasteiger partial charge >= 0.3 is 0 Å². The quantitative estimate of drug-likeness (QED) is 0.825. The largest absolute Gasteiger partial charge is 0.399 e. The Bertz CT molecular complexity index is 552. The number of hydrogen-bond acceptors (Lipinski definition) is 5. The van der Waals surface area contributed by atoms with E-state index in [1.165, 1.54) is 0 Å². The van der Waals surface area contributed by atoms with Crippen LogP contribution in [0.5, 0.6) is 0 Å². The molecule has 2 aromatic rings. The Balaban J connectivity index is 2.28. The number of ether oxygens (including phenoxy) is 1. The molecule has 2 rings (SSSR count). The number of methoxy groups -OCH3 is 1. The molecule has 0 spiro atoms. The highest BCUT2D eigenvalue weighted by Gasteiger charge is 2.13. The van der Waals surface area contributed by atoms with Crippen LogP contribution in [0.3, 0.4) is 0 Å². The van der Waals surface area contributed by atoms with Gasteiger partial charge in [0.15, 0.2) is 5.82 Å². The molecule has 1 aromatic heterocycles. The highest BCUT2D eigenvalue weighted by molar-refractivity contribution is 5.63. The average Bonchev–Trinajstić information content (AvgIpc) is 2.77. The van der Waals surface area contributed by atoms with Gasteiger partial charge in [0.05, 0.1) is 6.61 Å². The number of benzene rings is 1. The van der Waals surface area contributed by atoms with Crippen LogP contribution in [0.15, 0.2) is 18.2 Å². The molecule has 0 radical (unpaired) electrons. The van der Waals surface area contributed by atoms with Crippen LogP contribution >= 0.6 is 0 Å². The van der Waals surface area contributed by atoms with Crippen LogP contribution < -0.4 is 5.73 Å². The van der Waals surface area contributed by atoms with Crippen molar-refractivity contribution in [1.82, 2.24) is 20.2 Å². The smallest absolute Gasteiger partial charge is 0.182 e. The van der Waals surface area contributed by atoms with Crippen LogP contribution in [0.1, 0.15) is 12.5 Å². The zero-order valence-corrected chi connectivity index (χ0v) is 11.5. The van der Waals surface area contributed by atoms with Crippen molar-refractivity contribution in [3.05, 3.63) is 23.8 Å². The van der Waals surface area contributed by atoms with E-state index in [4.69, 9.17) is 10.5 Å². The number of aryl methyl sites for hydroxylation is 1. The Morgan fingerprint density at radius 2 is 2.21 bits per heavy atom. The number of anilines is 1. The number of hydrogen-bond donors (Lipinski definition) is 1. The molecule has 102 valence electrons. The highest BCUT2D eigenvalue weighted by Crippen LogP contribution is 2.23. The molecule has 0 saturated carbocycles. The van der Waals surface area contributed by atoms with E-state index in [0.717, 1.165) is 29.2 Å². The minimum absolute atomic E-state index is 0.348. The summed E-state index contributed by atoms with van der Waals surface area (Å²) in [5.41, 5.74) is 8.58. The molecule has 0 fully saturated rings. The summed E-state index contributed by atoms with van der Waals surface area (Å²) in [5.74, 6) is 1.11. The van der Waals surface area contributed by atoms with Gasteiger partial charge in [-0.3, -0.25) is 0 Å². The van der Waals surface area contributed by atoms with Crippen LogP contribution in [0.4, 0.5) is 5.69 Å². The van der Waals surface area contributed by atoms with E-state index in [0.29, 0.717) is 12.5 Å². The number of aromatic nitrogens is 4. The summed E-state index contributed by atoms with van der Waals surface area (Å²) in [7, 11) is 1.70. The van der Waals surface area contributed by atoms with E-state index in [-0.39, 0.29) is 0 Å². The Labute approximate surface area is 112 Å². The zero-order chi connectivity index (χ0) is 13.8. The summed E-state index contributed by atoms with van der Waals surface area (Å²) in [4.78, 5) is 0. The molecule has 0 aliphatic carbocycles. The third-order valence-corrected chi connectivity index (χ3v) is 2.96. The Hall–Kier alpha value is -1.95. The number of tetrazole rings is 1. The zero-order valence-electron chi connectivity index (χ0n) is 11.5. The number of rotatable bonds is 5. The summed E-state index contributed by atoms with van der Waals surface area (Å²) >= 11 is 0. The minimum Gasteiger partial charge on any atom is -0.399 e. The topological polar surface area (TPSA) is 78.8 Å². The molecule has 0 bridgehead atoms. The molecule has 1 unspecified atom stereocenters. The molecule has 0 aliphatic rings. The van der Waals surface area contributed by atoms with Crippen molar-refractivity contribution in [3.63, 3.8) is 0 Å². The van der Waals surface area contributed by atoms with E-state index >= 15 is 0 Å². The van der Waals surface area contributed by atoms with Crippen LogP contribution in [-0.2, 0) is 11.3 Å². The van der Waals surface area contributed by atoms with Crippen LogP contribution in [0.2, 0.25) is 0 Å². The molecule has 19 heavy (non-hydrogen) atoms. The first-order chi connectivity index (χ1) is 9.11. The summed E-state index contributed by atoms with van der Waals surface area (Å²) in [6.45, 7) is 5.51. The van der Waals surface area contributed by atoms with Crippen molar-refractivity contribution < 1.29 is 4.74 Å². The van der Waals surface area contributed by atoms with E-state index in [1.54, 1.807) is 7.11 Å². The maximum atomic E-state index is 5.76. The third kappa shape index (κ3) is 3.08. The van der Waals surface area contributed by atoms with Crippen LogP contribution in [0.25, 0.3) is 11.4 Å².